The number of benzene rings is 2. The summed E-state index contributed by atoms with van der Waals surface area (Å²) in [6.45, 7) is 0. The monoisotopic (exact) mass is 483 g/mol. The maximum absolute atomic E-state index is 12.7. The van der Waals surface area contributed by atoms with Gasteiger partial charge in [0.15, 0.2) is 0 Å². The predicted octanol–water partition coefficient (Wildman–Crippen LogP) is 5.75. The minimum Gasteiger partial charge on any atom is -0.465 e. The summed E-state index contributed by atoms with van der Waals surface area (Å²) in [5.41, 5.74) is 3.78. The maximum atomic E-state index is 12.7. The molecule has 1 aromatic heterocycles. The van der Waals surface area contributed by atoms with Crippen LogP contribution in [-0.4, -0.2) is 19.0 Å². The number of carbonyl (C=O) groups excluding carboxylic acids is 2. The molecule has 4 rings (SSSR count). The van der Waals surface area contributed by atoms with Crippen LogP contribution in [-0.2, 0) is 28.8 Å². The van der Waals surface area contributed by atoms with Crippen LogP contribution in [0.15, 0.2) is 59.1 Å². The Labute approximate surface area is 188 Å². The zero-order valence-electron chi connectivity index (χ0n) is 16.6. The van der Waals surface area contributed by atoms with E-state index < -0.39 is 0 Å². The van der Waals surface area contributed by atoms with Gasteiger partial charge in [-0.1, -0.05) is 58.4 Å². The zero-order valence-corrected chi connectivity index (χ0v) is 19.0. The van der Waals surface area contributed by atoms with Gasteiger partial charge >= 0.3 is 5.97 Å². The van der Waals surface area contributed by atoms with Gasteiger partial charge in [-0.25, -0.2) is 4.79 Å². The van der Waals surface area contributed by atoms with Crippen LogP contribution < -0.4 is 5.32 Å². The maximum Gasteiger partial charge on any atom is 0.341 e. The zero-order chi connectivity index (χ0) is 21.1. The first-order valence-electron chi connectivity index (χ1n) is 9.87. The van der Waals surface area contributed by atoms with Gasteiger partial charge in [0.1, 0.15) is 5.00 Å². The molecule has 0 unspecified atom stereocenters. The Bertz CT molecular complexity index is 1060. The molecule has 0 saturated heterocycles. The second kappa shape index (κ2) is 9.14. The molecule has 0 spiro atoms. The number of methoxy groups -OCH3 is 1. The molecule has 154 valence electrons. The van der Waals surface area contributed by atoms with Crippen molar-refractivity contribution >= 4 is 44.1 Å². The van der Waals surface area contributed by atoms with Crippen LogP contribution in [0.25, 0.3) is 0 Å². The molecule has 6 heteroatoms. The highest BCUT2D eigenvalue weighted by Gasteiger charge is 2.30. The molecule has 2 aromatic carbocycles. The highest BCUT2D eigenvalue weighted by Crippen LogP contribution is 2.42. The van der Waals surface area contributed by atoms with Gasteiger partial charge in [0.2, 0.25) is 5.91 Å². The predicted molar refractivity (Wildman–Crippen MR) is 123 cm³/mol. The number of hydrogen-bond acceptors (Lipinski definition) is 4. The number of halogens is 1. The number of amides is 1. The Morgan fingerprint density at radius 2 is 1.87 bits per heavy atom. The number of thiophene rings is 1. The summed E-state index contributed by atoms with van der Waals surface area (Å²) in [5.74, 6) is -0.0977. The number of carbonyl (C=O) groups is 2. The van der Waals surface area contributed by atoms with E-state index in [9.17, 15) is 9.59 Å². The Morgan fingerprint density at radius 3 is 2.57 bits per heavy atom. The van der Waals surface area contributed by atoms with Crippen molar-refractivity contribution in [1.82, 2.24) is 0 Å². The highest BCUT2D eigenvalue weighted by molar-refractivity contribution is 9.10. The topological polar surface area (TPSA) is 55.4 Å². The first-order valence-corrected chi connectivity index (χ1v) is 11.5. The van der Waals surface area contributed by atoms with Crippen molar-refractivity contribution in [3.8, 4) is 0 Å². The van der Waals surface area contributed by atoms with Crippen LogP contribution in [0.4, 0.5) is 5.00 Å². The summed E-state index contributed by atoms with van der Waals surface area (Å²) in [5, 5.41) is 3.57. The van der Waals surface area contributed by atoms with E-state index in [0.29, 0.717) is 16.5 Å². The van der Waals surface area contributed by atoms with Gasteiger partial charge in [0, 0.05) is 9.35 Å². The van der Waals surface area contributed by atoms with E-state index in [1.54, 1.807) is 0 Å². The third kappa shape index (κ3) is 4.50. The van der Waals surface area contributed by atoms with Crippen molar-refractivity contribution in [3.05, 3.63) is 86.2 Å². The Kier molecular flexibility index (Phi) is 6.35. The number of esters is 1. The van der Waals surface area contributed by atoms with Crippen molar-refractivity contribution in [2.45, 2.75) is 31.6 Å². The summed E-state index contributed by atoms with van der Waals surface area (Å²) in [7, 11) is 1.38. The summed E-state index contributed by atoms with van der Waals surface area (Å²) >= 11 is 4.91. The average molecular weight is 484 g/mol. The molecule has 1 atom stereocenters. The molecule has 1 N–H and O–H groups in total. The van der Waals surface area contributed by atoms with Gasteiger partial charge in [0.05, 0.1) is 19.1 Å². The van der Waals surface area contributed by atoms with Crippen LogP contribution in [0.2, 0.25) is 0 Å². The second-order valence-electron chi connectivity index (χ2n) is 7.40. The van der Waals surface area contributed by atoms with E-state index in [4.69, 9.17) is 4.74 Å². The van der Waals surface area contributed by atoms with E-state index in [-0.39, 0.29) is 18.3 Å². The first kappa shape index (κ1) is 20.8. The lowest BCUT2D eigenvalue weighted by atomic mass is 9.83. The van der Waals surface area contributed by atoms with E-state index in [2.05, 4.69) is 45.5 Å². The first-order chi connectivity index (χ1) is 14.5. The van der Waals surface area contributed by atoms with Gasteiger partial charge in [0.25, 0.3) is 0 Å². The normalized spacial score (nSPS) is 15.3. The van der Waals surface area contributed by atoms with Crippen molar-refractivity contribution in [2.24, 2.45) is 0 Å². The fraction of sp³-hybridized carbons (Fsp3) is 0.250. The molecule has 1 aliphatic carbocycles. The van der Waals surface area contributed by atoms with Crippen LogP contribution >= 0.6 is 27.3 Å². The van der Waals surface area contributed by atoms with Crippen LogP contribution in [0.5, 0.6) is 0 Å². The Morgan fingerprint density at radius 1 is 1.13 bits per heavy atom. The standard InChI is InChI=1S/C24H22BrNO3S/c1-29-24(28)22-19-12-9-17(16-5-3-2-4-6-16)14-20(19)30-23(22)26-21(27)13-15-7-10-18(25)11-8-15/h2-8,10-11,17H,9,12-14H2,1H3,(H,26,27)/t17-/m1/s1. The van der Waals surface area contributed by atoms with Crippen molar-refractivity contribution in [3.63, 3.8) is 0 Å². The molecule has 30 heavy (non-hydrogen) atoms. The number of nitrogens with one attached hydrogen (secondary N) is 1. The largest absolute Gasteiger partial charge is 0.465 e. The third-order valence-electron chi connectivity index (χ3n) is 5.46. The quantitative estimate of drug-likeness (QED) is 0.469. The van der Waals surface area contributed by atoms with Crippen molar-refractivity contribution < 1.29 is 14.3 Å². The van der Waals surface area contributed by atoms with E-state index in [1.807, 2.05) is 30.3 Å². The van der Waals surface area contributed by atoms with Gasteiger partial charge in [-0.05, 0) is 54.0 Å². The van der Waals surface area contributed by atoms with Gasteiger partial charge < -0.3 is 10.1 Å². The summed E-state index contributed by atoms with van der Waals surface area (Å²) in [6, 6.07) is 18.1. The lowest BCUT2D eigenvalue weighted by molar-refractivity contribution is -0.115. The van der Waals surface area contributed by atoms with Crippen molar-refractivity contribution in [1.29, 1.82) is 0 Å². The Balaban J connectivity index is 1.57. The molecule has 4 nitrogen and oxygen atoms in total. The summed E-state index contributed by atoms with van der Waals surface area (Å²) < 4.78 is 6.01. The van der Waals surface area contributed by atoms with Gasteiger partial charge in [-0.15, -0.1) is 11.3 Å². The number of ether oxygens (including phenoxy) is 1. The number of hydrogen-bond donors (Lipinski definition) is 1. The highest BCUT2D eigenvalue weighted by atomic mass is 79.9. The molecule has 0 aliphatic heterocycles. The molecule has 0 bridgehead atoms. The SMILES string of the molecule is COC(=O)c1c(NC(=O)Cc2ccc(Br)cc2)sc2c1CC[C@@H](c1ccccc1)C2. The van der Waals surface area contributed by atoms with Gasteiger partial charge in [-0.3, -0.25) is 4.79 Å². The van der Waals surface area contributed by atoms with Crippen LogP contribution in [0.1, 0.15) is 44.3 Å². The molecule has 1 amide bonds. The van der Waals surface area contributed by atoms with Crippen LogP contribution in [0, 0.1) is 0 Å². The fourth-order valence-corrected chi connectivity index (χ4v) is 5.56. The Hall–Kier alpha value is -2.44. The molecule has 0 saturated carbocycles. The summed E-state index contributed by atoms with van der Waals surface area (Å²) in [6.07, 6.45) is 2.90. The number of anilines is 1. The van der Waals surface area contributed by atoms with E-state index in [1.165, 1.54) is 24.0 Å². The third-order valence-corrected chi connectivity index (χ3v) is 7.16. The molecule has 3 aromatic rings. The van der Waals surface area contributed by atoms with E-state index in [0.717, 1.165) is 39.7 Å². The smallest absolute Gasteiger partial charge is 0.341 e. The molecule has 0 fully saturated rings. The minimum absolute atomic E-state index is 0.138. The second-order valence-corrected chi connectivity index (χ2v) is 9.42. The van der Waals surface area contributed by atoms with Gasteiger partial charge in [-0.2, -0.15) is 0 Å². The lowest BCUT2D eigenvalue weighted by Crippen LogP contribution is -2.17. The van der Waals surface area contributed by atoms with E-state index >= 15 is 0 Å². The number of fused-ring (bicyclic) bond motifs is 1. The molecular formula is C24H22BrNO3S. The van der Waals surface area contributed by atoms with Crippen molar-refractivity contribution in [2.75, 3.05) is 12.4 Å². The molecular weight excluding hydrogens is 462 g/mol. The minimum atomic E-state index is -0.385. The molecule has 1 aliphatic rings. The fourth-order valence-electron chi connectivity index (χ4n) is 3.96. The lowest BCUT2D eigenvalue weighted by Gasteiger charge is -2.22. The average Bonchev–Trinajstić information content (AvgIpc) is 3.12. The van der Waals surface area contributed by atoms with Crippen LogP contribution in [0.3, 0.4) is 0 Å². The molecule has 1 heterocycles. The molecule has 0 radical (unpaired) electrons. The summed E-state index contributed by atoms with van der Waals surface area (Å²) in [4.78, 5) is 26.3. The number of rotatable bonds is 5.